The van der Waals surface area contributed by atoms with Crippen LogP contribution in [-0.2, 0) is 6.42 Å². The maximum Gasteiger partial charge on any atom is 0.415 e. The van der Waals surface area contributed by atoms with Crippen LogP contribution in [0.25, 0.3) is 21.7 Å². The van der Waals surface area contributed by atoms with Crippen LogP contribution < -0.4 is 5.63 Å². The van der Waals surface area contributed by atoms with E-state index in [0.29, 0.717) is 22.2 Å². The van der Waals surface area contributed by atoms with Gasteiger partial charge in [-0.2, -0.15) is 0 Å². The van der Waals surface area contributed by atoms with Gasteiger partial charge >= 0.3 is 11.3 Å². The smallest absolute Gasteiger partial charge is 0.415 e. The third kappa shape index (κ3) is 2.53. The summed E-state index contributed by atoms with van der Waals surface area (Å²) in [5.74, 6) is 0. The van der Waals surface area contributed by atoms with Crippen molar-refractivity contribution >= 4 is 27.4 Å². The monoisotopic (exact) mass is 332 g/mol. The SMILES string of the molecule is O=c1oc2ccccc2c(Cc2nccc3ccccc23)c1[N+](=O)[O-]. The van der Waals surface area contributed by atoms with Gasteiger partial charge in [-0.15, -0.1) is 0 Å². The fourth-order valence-electron chi connectivity index (χ4n) is 3.06. The summed E-state index contributed by atoms with van der Waals surface area (Å²) < 4.78 is 5.10. The highest BCUT2D eigenvalue weighted by molar-refractivity contribution is 5.87. The molecule has 0 N–H and O–H groups in total. The number of nitrogens with zero attached hydrogens (tertiary/aromatic N) is 2. The van der Waals surface area contributed by atoms with Crippen molar-refractivity contribution in [2.24, 2.45) is 0 Å². The highest BCUT2D eigenvalue weighted by Gasteiger charge is 2.25. The van der Waals surface area contributed by atoms with E-state index in [1.165, 1.54) is 0 Å². The Hall–Kier alpha value is -3.54. The van der Waals surface area contributed by atoms with E-state index in [9.17, 15) is 14.9 Å². The van der Waals surface area contributed by atoms with Crippen molar-refractivity contribution < 1.29 is 9.34 Å². The molecule has 0 aliphatic heterocycles. The molecule has 0 amide bonds. The Labute approximate surface area is 141 Å². The predicted molar refractivity (Wildman–Crippen MR) is 93.7 cm³/mol. The number of hydrogen-bond acceptors (Lipinski definition) is 5. The zero-order chi connectivity index (χ0) is 17.4. The third-order valence-electron chi connectivity index (χ3n) is 4.18. The van der Waals surface area contributed by atoms with Crippen LogP contribution in [0.3, 0.4) is 0 Å². The fraction of sp³-hybridized carbons (Fsp3) is 0.0526. The lowest BCUT2D eigenvalue weighted by Crippen LogP contribution is -2.11. The lowest BCUT2D eigenvalue weighted by molar-refractivity contribution is -0.387. The number of nitro groups is 1. The standard InChI is InChI=1S/C19H12N2O4/c22-19-18(21(23)24)15(14-7-3-4-8-17(14)25-19)11-16-13-6-2-1-5-12(13)9-10-20-16/h1-10H,11H2. The first-order chi connectivity index (χ1) is 12.1. The molecule has 0 unspecified atom stereocenters. The maximum atomic E-state index is 12.1. The zero-order valence-electron chi connectivity index (χ0n) is 13.0. The first-order valence-electron chi connectivity index (χ1n) is 7.67. The van der Waals surface area contributed by atoms with E-state index in [1.807, 2.05) is 30.3 Å². The fourth-order valence-corrected chi connectivity index (χ4v) is 3.06. The summed E-state index contributed by atoms with van der Waals surface area (Å²) in [5, 5.41) is 13.9. The van der Waals surface area contributed by atoms with Gasteiger partial charge in [-0.3, -0.25) is 15.1 Å². The minimum atomic E-state index is -0.945. The molecule has 2 aromatic heterocycles. The van der Waals surface area contributed by atoms with Gasteiger partial charge in [0.05, 0.1) is 16.2 Å². The molecule has 6 heteroatoms. The van der Waals surface area contributed by atoms with Gasteiger partial charge in [-0.05, 0) is 17.5 Å². The molecular weight excluding hydrogens is 320 g/mol. The summed E-state index contributed by atoms with van der Waals surface area (Å²) in [5.41, 5.74) is -0.154. The van der Waals surface area contributed by atoms with Crippen molar-refractivity contribution in [3.8, 4) is 0 Å². The van der Waals surface area contributed by atoms with Crippen molar-refractivity contribution in [1.29, 1.82) is 0 Å². The molecule has 0 radical (unpaired) electrons. The first-order valence-corrected chi connectivity index (χ1v) is 7.67. The molecule has 25 heavy (non-hydrogen) atoms. The summed E-state index contributed by atoms with van der Waals surface area (Å²) in [6.45, 7) is 0. The Balaban J connectivity index is 2.01. The predicted octanol–water partition coefficient (Wildman–Crippen LogP) is 3.84. The minimum Gasteiger partial charge on any atom is -0.418 e. The van der Waals surface area contributed by atoms with E-state index in [-0.39, 0.29) is 6.42 Å². The molecule has 0 aliphatic rings. The van der Waals surface area contributed by atoms with Gasteiger partial charge < -0.3 is 4.42 Å². The molecule has 6 nitrogen and oxygen atoms in total. The van der Waals surface area contributed by atoms with Gasteiger partial charge in [0, 0.05) is 23.4 Å². The summed E-state index contributed by atoms with van der Waals surface area (Å²) in [4.78, 5) is 27.3. The maximum absolute atomic E-state index is 12.1. The van der Waals surface area contributed by atoms with Crippen molar-refractivity contribution in [2.45, 2.75) is 6.42 Å². The Kier molecular flexibility index (Phi) is 3.50. The van der Waals surface area contributed by atoms with E-state index < -0.39 is 16.2 Å². The molecule has 122 valence electrons. The Bertz CT molecular complexity index is 1180. The highest BCUT2D eigenvalue weighted by atomic mass is 16.6. The van der Waals surface area contributed by atoms with E-state index in [4.69, 9.17) is 4.42 Å². The number of pyridine rings is 1. The van der Waals surface area contributed by atoms with Gasteiger partial charge in [-0.25, -0.2) is 4.79 Å². The van der Waals surface area contributed by atoms with Crippen molar-refractivity contribution in [3.05, 3.63) is 92.6 Å². The second-order valence-electron chi connectivity index (χ2n) is 5.63. The van der Waals surface area contributed by atoms with E-state index in [1.54, 1.807) is 30.5 Å². The van der Waals surface area contributed by atoms with Crippen LogP contribution in [0.15, 0.2) is 70.0 Å². The number of rotatable bonds is 3. The minimum absolute atomic E-state index is 0.170. The molecule has 0 spiro atoms. The Morgan fingerprint density at radius 2 is 1.72 bits per heavy atom. The first kappa shape index (κ1) is 15.0. The third-order valence-corrected chi connectivity index (χ3v) is 4.18. The molecule has 2 aromatic carbocycles. The van der Waals surface area contributed by atoms with Gasteiger partial charge in [0.25, 0.3) is 0 Å². The van der Waals surface area contributed by atoms with Crippen LogP contribution in [-0.4, -0.2) is 9.91 Å². The van der Waals surface area contributed by atoms with E-state index in [0.717, 1.165) is 10.8 Å². The van der Waals surface area contributed by atoms with Gasteiger partial charge in [0.1, 0.15) is 5.58 Å². The summed E-state index contributed by atoms with van der Waals surface area (Å²) >= 11 is 0. The second kappa shape index (κ2) is 5.83. The van der Waals surface area contributed by atoms with E-state index in [2.05, 4.69) is 4.98 Å². The van der Waals surface area contributed by atoms with Crippen LogP contribution in [0.5, 0.6) is 0 Å². The number of hydrogen-bond donors (Lipinski definition) is 0. The second-order valence-corrected chi connectivity index (χ2v) is 5.63. The van der Waals surface area contributed by atoms with Crippen molar-refractivity contribution in [2.75, 3.05) is 0 Å². The number of aromatic nitrogens is 1. The molecule has 0 saturated carbocycles. The quantitative estimate of drug-likeness (QED) is 0.323. The molecule has 0 bridgehead atoms. The largest absolute Gasteiger partial charge is 0.418 e. The van der Waals surface area contributed by atoms with Crippen LogP contribution in [0.4, 0.5) is 5.69 Å². The van der Waals surface area contributed by atoms with Crippen LogP contribution in [0, 0.1) is 10.1 Å². The lowest BCUT2D eigenvalue weighted by atomic mass is 10.00. The summed E-state index contributed by atoms with van der Waals surface area (Å²) in [6.07, 6.45) is 1.83. The molecule has 4 aromatic rings. The topological polar surface area (TPSA) is 86.2 Å². The number of benzene rings is 2. The Morgan fingerprint density at radius 3 is 2.52 bits per heavy atom. The Morgan fingerprint density at radius 1 is 1.00 bits per heavy atom. The van der Waals surface area contributed by atoms with Crippen LogP contribution in [0.1, 0.15) is 11.3 Å². The highest BCUT2D eigenvalue weighted by Crippen LogP contribution is 2.28. The molecular formula is C19H12N2O4. The molecule has 0 fully saturated rings. The van der Waals surface area contributed by atoms with E-state index >= 15 is 0 Å². The number of para-hydroxylation sites is 1. The van der Waals surface area contributed by atoms with Crippen molar-refractivity contribution in [1.82, 2.24) is 4.98 Å². The molecule has 0 aliphatic carbocycles. The summed E-state index contributed by atoms with van der Waals surface area (Å²) in [7, 11) is 0. The van der Waals surface area contributed by atoms with Crippen LogP contribution in [0.2, 0.25) is 0 Å². The summed E-state index contributed by atoms with van der Waals surface area (Å²) in [6, 6.07) is 16.4. The van der Waals surface area contributed by atoms with Gasteiger partial charge in [0.15, 0.2) is 0 Å². The zero-order valence-corrected chi connectivity index (χ0v) is 13.0. The average molecular weight is 332 g/mol. The number of fused-ring (bicyclic) bond motifs is 2. The average Bonchev–Trinajstić information content (AvgIpc) is 2.61. The lowest BCUT2D eigenvalue weighted by Gasteiger charge is -2.08. The molecule has 0 atom stereocenters. The molecule has 2 heterocycles. The van der Waals surface area contributed by atoms with Gasteiger partial charge in [0.2, 0.25) is 0 Å². The van der Waals surface area contributed by atoms with Crippen molar-refractivity contribution in [3.63, 3.8) is 0 Å². The van der Waals surface area contributed by atoms with Crippen LogP contribution >= 0.6 is 0 Å². The molecule has 4 rings (SSSR count). The molecule has 0 saturated heterocycles. The normalized spacial score (nSPS) is 11.0. The van der Waals surface area contributed by atoms with Gasteiger partial charge in [-0.1, -0.05) is 42.5 Å².